The highest BCUT2D eigenvalue weighted by Crippen LogP contribution is 2.30. The molecule has 0 bridgehead atoms. The Morgan fingerprint density at radius 3 is 2.67 bits per heavy atom. The van der Waals surface area contributed by atoms with Crippen LogP contribution < -0.4 is 4.74 Å². The van der Waals surface area contributed by atoms with Crippen molar-refractivity contribution in [1.82, 2.24) is 9.88 Å². The van der Waals surface area contributed by atoms with E-state index in [1.807, 2.05) is 43.5 Å². The summed E-state index contributed by atoms with van der Waals surface area (Å²) >= 11 is 0. The molecule has 2 heterocycles. The van der Waals surface area contributed by atoms with Crippen LogP contribution in [0, 0.1) is 12.7 Å². The van der Waals surface area contributed by atoms with E-state index in [-0.39, 0.29) is 36.6 Å². The molecular weight excluding hydrogens is 479 g/mol. The molecule has 1 N–H and O–H groups in total. The number of amides is 1. The Balaban J connectivity index is 1.68. The lowest BCUT2D eigenvalue weighted by Gasteiger charge is -2.22. The number of carbonyl (C=O) groups excluding carboxylic acids is 1. The first kappa shape index (κ1) is 25.4. The molecular formula is C28H29FN2O4S. The van der Waals surface area contributed by atoms with Gasteiger partial charge < -0.3 is 14.6 Å². The Hall–Kier alpha value is -3.65. The van der Waals surface area contributed by atoms with Gasteiger partial charge in [0.1, 0.15) is 23.1 Å². The number of ether oxygens (including phenoxy) is 1. The highest BCUT2D eigenvalue weighted by molar-refractivity contribution is 7.90. The van der Waals surface area contributed by atoms with Gasteiger partial charge in [0.2, 0.25) is 0 Å². The van der Waals surface area contributed by atoms with E-state index in [0.29, 0.717) is 12.3 Å². The number of nitrogens with zero attached hydrogens (tertiary/aromatic N) is 1. The average molecular weight is 509 g/mol. The molecule has 0 saturated carbocycles. The minimum atomic E-state index is -3.75. The number of hydrogen-bond donors (Lipinski definition) is 1. The number of carbonyl (C=O) groups is 1. The zero-order valence-electron chi connectivity index (χ0n) is 20.6. The fourth-order valence-corrected chi connectivity index (χ4v) is 5.16. The first-order valence-corrected chi connectivity index (χ1v) is 13.6. The second-order valence-electron chi connectivity index (χ2n) is 8.79. The van der Waals surface area contributed by atoms with Crippen LogP contribution in [-0.4, -0.2) is 43.6 Å². The number of aryl methyl sites for hydroxylation is 1. The van der Waals surface area contributed by atoms with Gasteiger partial charge in [-0.05, 0) is 66.5 Å². The van der Waals surface area contributed by atoms with Crippen LogP contribution in [0.2, 0.25) is 0 Å². The normalized spacial score (nSPS) is 14.1. The van der Waals surface area contributed by atoms with Crippen molar-refractivity contribution >= 4 is 27.4 Å². The summed E-state index contributed by atoms with van der Waals surface area (Å²) in [6.45, 7) is 8.53. The Labute approximate surface area is 211 Å². The van der Waals surface area contributed by atoms with Gasteiger partial charge in [-0.25, -0.2) is 12.8 Å². The summed E-state index contributed by atoms with van der Waals surface area (Å²) in [4.78, 5) is 17.9. The summed E-state index contributed by atoms with van der Waals surface area (Å²) in [5.41, 5.74) is 5.04. The summed E-state index contributed by atoms with van der Waals surface area (Å²) in [5.74, 6) is -0.542. The van der Waals surface area contributed by atoms with Crippen LogP contribution in [0.4, 0.5) is 4.39 Å². The third-order valence-corrected chi connectivity index (χ3v) is 7.49. The fraction of sp³-hybridized carbons (Fsp3) is 0.250. The number of allylic oxidation sites excluding steroid dienone is 2. The van der Waals surface area contributed by atoms with Gasteiger partial charge in [-0.1, -0.05) is 25.6 Å². The number of hydrogen-bond acceptors (Lipinski definition) is 4. The number of aromatic amines is 1. The van der Waals surface area contributed by atoms with E-state index in [0.717, 1.165) is 34.2 Å². The van der Waals surface area contributed by atoms with E-state index >= 15 is 4.39 Å². The van der Waals surface area contributed by atoms with Gasteiger partial charge in [0.15, 0.2) is 9.84 Å². The van der Waals surface area contributed by atoms with E-state index in [1.54, 1.807) is 17.9 Å². The molecule has 0 atom stereocenters. The first-order chi connectivity index (χ1) is 17.1. The van der Waals surface area contributed by atoms with Crippen molar-refractivity contribution < 1.29 is 22.3 Å². The molecule has 0 fully saturated rings. The molecule has 1 aliphatic heterocycles. The lowest BCUT2D eigenvalue weighted by molar-refractivity contribution is 0.0731. The van der Waals surface area contributed by atoms with E-state index in [9.17, 15) is 13.2 Å². The SMILES string of the molecule is C=CC(=Cc1cc[nH]c1C)c1ccc2c(c1)CN(C(=O)c1ccc(S(C)(=O)=O)c(F)c1CC)CCO2. The topological polar surface area (TPSA) is 79.5 Å². The van der Waals surface area contributed by atoms with Crippen LogP contribution in [-0.2, 0) is 22.8 Å². The van der Waals surface area contributed by atoms with Gasteiger partial charge in [0, 0.05) is 41.4 Å². The monoisotopic (exact) mass is 508 g/mol. The molecule has 1 aliphatic rings. The van der Waals surface area contributed by atoms with Crippen molar-refractivity contribution in [2.24, 2.45) is 0 Å². The number of H-pyrrole nitrogens is 1. The molecule has 0 aliphatic carbocycles. The molecule has 6 nitrogen and oxygen atoms in total. The largest absolute Gasteiger partial charge is 0.491 e. The molecule has 36 heavy (non-hydrogen) atoms. The number of nitrogens with one attached hydrogen (secondary N) is 1. The van der Waals surface area contributed by atoms with Crippen LogP contribution in [0.25, 0.3) is 11.6 Å². The Morgan fingerprint density at radius 2 is 2.03 bits per heavy atom. The molecule has 8 heteroatoms. The predicted molar refractivity (Wildman–Crippen MR) is 139 cm³/mol. The summed E-state index contributed by atoms with van der Waals surface area (Å²) in [6.07, 6.45) is 6.85. The van der Waals surface area contributed by atoms with Gasteiger partial charge in [-0.15, -0.1) is 0 Å². The minimum absolute atomic E-state index is 0.0980. The molecule has 0 radical (unpaired) electrons. The van der Waals surface area contributed by atoms with Crippen molar-refractivity contribution in [2.45, 2.75) is 31.7 Å². The molecule has 1 aromatic heterocycles. The van der Waals surface area contributed by atoms with Crippen molar-refractivity contribution in [3.05, 3.63) is 94.6 Å². The molecule has 3 aromatic rings. The summed E-state index contributed by atoms with van der Waals surface area (Å²) in [6, 6.07) is 10.4. The van der Waals surface area contributed by atoms with E-state index in [2.05, 4.69) is 11.6 Å². The smallest absolute Gasteiger partial charge is 0.254 e. The van der Waals surface area contributed by atoms with Gasteiger partial charge in [0.05, 0.1) is 6.54 Å². The quantitative estimate of drug-likeness (QED) is 0.465. The number of benzene rings is 2. The number of fused-ring (bicyclic) bond motifs is 1. The third-order valence-electron chi connectivity index (χ3n) is 6.38. The van der Waals surface area contributed by atoms with Crippen LogP contribution >= 0.6 is 0 Å². The van der Waals surface area contributed by atoms with Crippen LogP contribution in [0.1, 0.15) is 45.2 Å². The van der Waals surface area contributed by atoms with Crippen molar-refractivity contribution in [3.8, 4) is 5.75 Å². The molecule has 2 aromatic carbocycles. The van der Waals surface area contributed by atoms with E-state index < -0.39 is 20.5 Å². The van der Waals surface area contributed by atoms with Crippen LogP contribution in [0.5, 0.6) is 5.75 Å². The molecule has 0 saturated heterocycles. The predicted octanol–water partition coefficient (Wildman–Crippen LogP) is 5.19. The maximum absolute atomic E-state index is 15.0. The van der Waals surface area contributed by atoms with E-state index in [1.165, 1.54) is 12.1 Å². The maximum Gasteiger partial charge on any atom is 0.254 e. The summed E-state index contributed by atoms with van der Waals surface area (Å²) < 4.78 is 44.9. The number of halogens is 1. The van der Waals surface area contributed by atoms with Crippen molar-refractivity contribution in [1.29, 1.82) is 0 Å². The third kappa shape index (κ3) is 4.99. The first-order valence-electron chi connectivity index (χ1n) is 11.7. The number of aromatic nitrogens is 1. The standard InChI is InChI=1S/C28H29FN2O4S/c1-5-19(15-20-11-12-30-18(20)3)21-7-9-25-22(16-21)17-31(13-14-35-25)28(32)24-8-10-26(36(4,33)34)27(29)23(24)6-2/h5,7-12,15-16,30H,1,6,13-14,17H2,2-4H3. The fourth-order valence-electron chi connectivity index (χ4n) is 4.40. The lowest BCUT2D eigenvalue weighted by atomic mass is 9.99. The molecule has 0 spiro atoms. The maximum atomic E-state index is 15.0. The highest BCUT2D eigenvalue weighted by atomic mass is 32.2. The van der Waals surface area contributed by atoms with Crippen LogP contribution in [0.15, 0.2) is 60.1 Å². The lowest BCUT2D eigenvalue weighted by Crippen LogP contribution is -2.33. The van der Waals surface area contributed by atoms with E-state index in [4.69, 9.17) is 4.74 Å². The minimum Gasteiger partial charge on any atom is -0.491 e. The average Bonchev–Trinajstić information content (AvgIpc) is 3.12. The van der Waals surface area contributed by atoms with Gasteiger partial charge in [-0.3, -0.25) is 4.79 Å². The van der Waals surface area contributed by atoms with Gasteiger partial charge >= 0.3 is 0 Å². The summed E-state index contributed by atoms with van der Waals surface area (Å²) in [7, 11) is -3.75. The Morgan fingerprint density at radius 1 is 1.25 bits per heavy atom. The Bertz CT molecular complexity index is 1470. The summed E-state index contributed by atoms with van der Waals surface area (Å²) in [5, 5.41) is 0. The molecule has 188 valence electrons. The van der Waals surface area contributed by atoms with Gasteiger partial charge in [0.25, 0.3) is 5.91 Å². The zero-order chi connectivity index (χ0) is 26.0. The zero-order valence-corrected chi connectivity index (χ0v) is 21.4. The Kier molecular flexibility index (Phi) is 7.17. The number of sulfone groups is 1. The number of rotatable bonds is 6. The molecule has 4 rings (SSSR count). The molecule has 0 unspecified atom stereocenters. The second-order valence-corrected chi connectivity index (χ2v) is 10.8. The van der Waals surface area contributed by atoms with Crippen molar-refractivity contribution in [2.75, 3.05) is 19.4 Å². The highest BCUT2D eigenvalue weighted by Gasteiger charge is 2.27. The van der Waals surface area contributed by atoms with Crippen molar-refractivity contribution in [3.63, 3.8) is 0 Å². The van der Waals surface area contributed by atoms with Gasteiger partial charge in [-0.2, -0.15) is 0 Å². The second kappa shape index (κ2) is 10.1. The van der Waals surface area contributed by atoms with Crippen LogP contribution in [0.3, 0.4) is 0 Å². The molecule has 1 amide bonds.